The summed E-state index contributed by atoms with van der Waals surface area (Å²) in [5.41, 5.74) is -0.0887. The maximum atomic E-state index is 12.4. The number of aliphatic hydroxyl groups is 1. The molecule has 0 aromatic carbocycles. The standard InChI is InChI=1S/C17H21ClN4O2/c1-16(2-3-16)15(23)22-6-4-17(24,5-7-22)10-21-9-12-8-13(18)20-14(12)19-11-21/h8-9,11,24H,2-7,10H2,1H3. The van der Waals surface area contributed by atoms with Crippen LogP contribution in [0.3, 0.4) is 0 Å². The first-order valence-corrected chi connectivity index (χ1v) is 8.75. The van der Waals surface area contributed by atoms with E-state index in [2.05, 4.69) is 9.97 Å². The minimum atomic E-state index is -0.814. The molecule has 1 saturated heterocycles. The number of carbonyl (C=O) groups is 1. The van der Waals surface area contributed by atoms with Gasteiger partial charge in [0, 0.05) is 30.3 Å². The fraction of sp³-hybridized carbons (Fsp3) is 0.588. The van der Waals surface area contributed by atoms with Crippen molar-refractivity contribution in [1.29, 1.82) is 0 Å². The van der Waals surface area contributed by atoms with Gasteiger partial charge in [0.1, 0.15) is 5.15 Å². The fourth-order valence-electron chi connectivity index (χ4n) is 3.42. The topological polar surface area (TPSA) is 71.2 Å². The minimum absolute atomic E-state index is 0.136. The zero-order chi connectivity index (χ0) is 16.9. The van der Waals surface area contributed by atoms with Gasteiger partial charge in [0.05, 0.1) is 18.5 Å². The van der Waals surface area contributed by atoms with Crippen LogP contribution in [0.25, 0.3) is 11.4 Å². The second-order valence-electron chi connectivity index (χ2n) is 7.48. The van der Waals surface area contributed by atoms with Crippen molar-refractivity contribution in [2.24, 2.45) is 5.41 Å². The maximum absolute atomic E-state index is 12.4. The Labute approximate surface area is 145 Å². The lowest BCUT2D eigenvalue weighted by Gasteiger charge is -2.39. The Morgan fingerprint density at radius 2 is 2.04 bits per heavy atom. The smallest absolute Gasteiger partial charge is 0.228 e. The van der Waals surface area contributed by atoms with E-state index in [4.69, 9.17) is 11.6 Å². The van der Waals surface area contributed by atoms with Gasteiger partial charge in [0.25, 0.3) is 0 Å². The Balaban J connectivity index is 1.43. The zero-order valence-corrected chi connectivity index (χ0v) is 14.5. The molecule has 0 radical (unpaired) electrons. The molecule has 0 aromatic heterocycles. The fourth-order valence-corrected chi connectivity index (χ4v) is 3.62. The molecule has 3 aliphatic heterocycles. The molecular weight excluding hydrogens is 328 g/mol. The van der Waals surface area contributed by atoms with Crippen LogP contribution in [-0.2, 0) is 11.3 Å². The average Bonchev–Trinajstić information content (AvgIpc) is 3.18. The largest absolute Gasteiger partial charge is 0.388 e. The lowest BCUT2D eigenvalue weighted by molar-refractivity contribution is -0.141. The summed E-state index contributed by atoms with van der Waals surface area (Å²) < 4.78 is 1.88. The molecule has 7 heteroatoms. The first kappa shape index (κ1) is 15.8. The summed E-state index contributed by atoms with van der Waals surface area (Å²) in [6, 6.07) is 1.77. The number of halogens is 1. The lowest BCUT2D eigenvalue weighted by Crippen LogP contribution is -2.50. The number of amides is 1. The molecule has 3 heterocycles. The molecule has 0 unspecified atom stereocenters. The average molecular weight is 349 g/mol. The van der Waals surface area contributed by atoms with Gasteiger partial charge in [-0.1, -0.05) is 18.5 Å². The molecule has 24 heavy (non-hydrogen) atoms. The molecule has 128 valence electrons. The van der Waals surface area contributed by atoms with Gasteiger partial charge in [-0.15, -0.1) is 0 Å². The van der Waals surface area contributed by atoms with Gasteiger partial charge in [-0.25, -0.2) is 9.97 Å². The number of piperidine rings is 1. The summed E-state index contributed by atoms with van der Waals surface area (Å²) in [5, 5.41) is 11.3. The van der Waals surface area contributed by atoms with Gasteiger partial charge < -0.3 is 14.6 Å². The number of hydrogen-bond donors (Lipinski definition) is 1. The summed E-state index contributed by atoms with van der Waals surface area (Å²) >= 11 is 5.90. The Kier molecular flexibility index (Phi) is 3.58. The van der Waals surface area contributed by atoms with Crippen molar-refractivity contribution in [3.05, 3.63) is 23.7 Å². The Morgan fingerprint density at radius 3 is 2.71 bits per heavy atom. The molecule has 0 atom stereocenters. The molecule has 4 rings (SSSR count). The van der Waals surface area contributed by atoms with Crippen molar-refractivity contribution < 1.29 is 9.90 Å². The van der Waals surface area contributed by atoms with E-state index in [0.29, 0.717) is 43.5 Å². The third-order valence-corrected chi connectivity index (χ3v) is 5.55. The normalized spacial score (nSPS) is 21.9. The summed E-state index contributed by atoms with van der Waals surface area (Å²) in [6.45, 7) is 3.72. The maximum Gasteiger partial charge on any atom is 0.228 e. The molecule has 0 aromatic rings. The Bertz CT molecular complexity index is 747. The molecule has 1 amide bonds. The van der Waals surface area contributed by atoms with E-state index < -0.39 is 5.60 Å². The minimum Gasteiger partial charge on any atom is -0.388 e. The van der Waals surface area contributed by atoms with Gasteiger partial charge >= 0.3 is 0 Å². The summed E-state index contributed by atoms with van der Waals surface area (Å²) in [6.07, 6.45) is 6.73. The lowest BCUT2D eigenvalue weighted by atomic mass is 9.90. The van der Waals surface area contributed by atoms with E-state index in [-0.39, 0.29) is 11.3 Å². The highest BCUT2D eigenvalue weighted by Gasteiger charge is 2.48. The van der Waals surface area contributed by atoms with Crippen LogP contribution in [0.15, 0.2) is 18.6 Å². The molecule has 1 aliphatic carbocycles. The number of carbonyl (C=O) groups excluding carboxylic acids is 1. The van der Waals surface area contributed by atoms with Crippen LogP contribution < -0.4 is 0 Å². The summed E-state index contributed by atoms with van der Waals surface area (Å²) in [4.78, 5) is 22.7. The highest BCUT2D eigenvalue weighted by molar-refractivity contribution is 6.30. The third-order valence-electron chi connectivity index (χ3n) is 5.35. The first-order chi connectivity index (χ1) is 11.4. The predicted molar refractivity (Wildman–Crippen MR) is 89.8 cm³/mol. The van der Waals surface area contributed by atoms with Crippen LogP contribution in [0, 0.1) is 5.41 Å². The molecule has 0 spiro atoms. The van der Waals surface area contributed by atoms with Crippen molar-refractivity contribution in [2.75, 3.05) is 13.1 Å². The van der Waals surface area contributed by atoms with Gasteiger partial charge in [-0.3, -0.25) is 4.79 Å². The van der Waals surface area contributed by atoms with Crippen LogP contribution >= 0.6 is 11.6 Å². The highest BCUT2D eigenvalue weighted by atomic mass is 35.5. The number of rotatable bonds is 3. The number of likely N-dealkylation sites (tertiary alicyclic amines) is 1. The molecule has 1 N–H and O–H groups in total. The number of aromatic nitrogens is 3. The second kappa shape index (κ2) is 5.43. The van der Waals surface area contributed by atoms with Crippen molar-refractivity contribution in [1.82, 2.24) is 19.4 Å². The number of hydrogen-bond acceptors (Lipinski definition) is 4. The van der Waals surface area contributed by atoms with Crippen molar-refractivity contribution >= 4 is 17.5 Å². The SMILES string of the molecule is CC1(C(=O)N2CCC(O)(Cn3cnc4nc(Cl)cc-4c3)CC2)CC1. The summed E-state index contributed by atoms with van der Waals surface area (Å²) in [5.74, 6) is 0.860. The second-order valence-corrected chi connectivity index (χ2v) is 7.87. The van der Waals surface area contributed by atoms with Crippen LogP contribution in [0.5, 0.6) is 0 Å². The van der Waals surface area contributed by atoms with Crippen molar-refractivity contribution in [3.8, 4) is 11.4 Å². The first-order valence-electron chi connectivity index (χ1n) is 8.37. The van der Waals surface area contributed by atoms with E-state index >= 15 is 0 Å². The van der Waals surface area contributed by atoms with Gasteiger partial charge in [0.2, 0.25) is 5.91 Å². The monoisotopic (exact) mass is 348 g/mol. The summed E-state index contributed by atoms with van der Waals surface area (Å²) in [7, 11) is 0. The Hall–Kier alpha value is -1.66. The van der Waals surface area contributed by atoms with Crippen molar-refractivity contribution in [2.45, 2.75) is 44.8 Å². The van der Waals surface area contributed by atoms with E-state index in [0.717, 1.165) is 18.4 Å². The van der Waals surface area contributed by atoms with E-state index in [1.165, 1.54) is 0 Å². The van der Waals surface area contributed by atoms with Gasteiger partial charge in [0.15, 0.2) is 5.82 Å². The van der Waals surface area contributed by atoms with Gasteiger partial charge in [-0.05, 0) is 31.7 Å². The zero-order valence-electron chi connectivity index (χ0n) is 13.7. The van der Waals surface area contributed by atoms with E-state index in [1.54, 1.807) is 12.4 Å². The number of fused-ring (bicyclic) bond motifs is 1. The Morgan fingerprint density at radius 1 is 1.33 bits per heavy atom. The quantitative estimate of drug-likeness (QED) is 0.923. The predicted octanol–water partition coefficient (Wildman–Crippen LogP) is 2.19. The molecule has 4 aliphatic rings. The number of nitrogens with zero attached hydrogens (tertiary/aromatic N) is 4. The molecule has 0 bridgehead atoms. The molecule has 6 nitrogen and oxygen atoms in total. The van der Waals surface area contributed by atoms with Crippen LogP contribution in [0.2, 0.25) is 5.15 Å². The third kappa shape index (κ3) is 2.89. The molecule has 2 fully saturated rings. The van der Waals surface area contributed by atoms with E-state index in [1.807, 2.05) is 22.6 Å². The highest BCUT2D eigenvalue weighted by Crippen LogP contribution is 2.47. The van der Waals surface area contributed by atoms with Crippen LogP contribution in [-0.4, -0.2) is 49.1 Å². The van der Waals surface area contributed by atoms with E-state index in [9.17, 15) is 9.90 Å². The molecular formula is C17H21ClN4O2. The van der Waals surface area contributed by atoms with Crippen molar-refractivity contribution in [3.63, 3.8) is 0 Å². The van der Waals surface area contributed by atoms with Gasteiger partial charge in [-0.2, -0.15) is 0 Å². The van der Waals surface area contributed by atoms with Crippen LogP contribution in [0.1, 0.15) is 32.6 Å². The molecule has 1 saturated carbocycles. The van der Waals surface area contributed by atoms with Crippen LogP contribution in [0.4, 0.5) is 0 Å².